The van der Waals surface area contributed by atoms with Gasteiger partial charge in [-0.1, -0.05) is 43.2 Å². The molecule has 0 spiro atoms. The lowest BCUT2D eigenvalue weighted by Gasteiger charge is -2.37. The molecule has 1 aromatic heterocycles. The number of hydrogen-bond donors (Lipinski definition) is 1. The van der Waals surface area contributed by atoms with Gasteiger partial charge in [-0.25, -0.2) is 8.78 Å². The van der Waals surface area contributed by atoms with Crippen LogP contribution < -0.4 is 10.2 Å². The molecule has 1 aliphatic heterocycles. The number of para-hydroxylation sites is 1. The van der Waals surface area contributed by atoms with Gasteiger partial charge >= 0.3 is 0 Å². The summed E-state index contributed by atoms with van der Waals surface area (Å²) in [4.78, 5) is 29.4. The largest absolute Gasteiger partial charge is 0.340 e. The number of benzene rings is 2. The molecule has 0 unspecified atom stereocenters. The summed E-state index contributed by atoms with van der Waals surface area (Å²) in [5.74, 6) is -2.92. The Labute approximate surface area is 195 Å². The van der Waals surface area contributed by atoms with Crippen molar-refractivity contribution in [1.29, 1.82) is 0 Å². The van der Waals surface area contributed by atoms with E-state index in [2.05, 4.69) is 20.8 Å². The molecule has 11 heteroatoms. The highest BCUT2D eigenvalue weighted by atomic mass is 19.1. The molecule has 1 fully saturated rings. The summed E-state index contributed by atoms with van der Waals surface area (Å²) in [6.07, 6.45) is 0. The molecule has 9 nitrogen and oxygen atoms in total. The number of carbonyl (C=O) groups is 2. The molecule has 1 N–H and O–H groups in total. The second-order valence-electron chi connectivity index (χ2n) is 8.33. The molecular formula is C23H25F2N7O2. The minimum atomic E-state index is -0.975. The molecule has 34 heavy (non-hydrogen) atoms. The zero-order valence-corrected chi connectivity index (χ0v) is 18.9. The third-order valence-corrected chi connectivity index (χ3v) is 5.74. The smallest absolute Gasteiger partial charge is 0.257 e. The maximum atomic E-state index is 14.0. The lowest BCUT2D eigenvalue weighted by molar-refractivity contribution is -0.134. The molecule has 1 aliphatic rings. The number of nitrogens with one attached hydrogen (secondary N) is 1. The molecule has 0 bridgehead atoms. The van der Waals surface area contributed by atoms with Crippen molar-refractivity contribution in [1.82, 2.24) is 30.4 Å². The van der Waals surface area contributed by atoms with Crippen molar-refractivity contribution in [3.05, 3.63) is 65.7 Å². The molecule has 4 rings (SSSR count). The Morgan fingerprint density at radius 1 is 0.941 bits per heavy atom. The topological polar surface area (TPSA) is 96.2 Å². The van der Waals surface area contributed by atoms with Gasteiger partial charge in [-0.2, -0.15) is 4.68 Å². The number of anilines is 1. The van der Waals surface area contributed by atoms with Gasteiger partial charge in [-0.3, -0.25) is 9.59 Å². The van der Waals surface area contributed by atoms with E-state index in [1.54, 1.807) is 23.4 Å². The molecule has 2 aromatic carbocycles. The number of hydrogen-bond acceptors (Lipinski definition) is 6. The van der Waals surface area contributed by atoms with Crippen LogP contribution >= 0.6 is 0 Å². The predicted octanol–water partition coefficient (Wildman–Crippen LogP) is 2.04. The first-order valence-electron chi connectivity index (χ1n) is 11.0. The minimum Gasteiger partial charge on any atom is -0.340 e. The predicted molar refractivity (Wildman–Crippen MR) is 120 cm³/mol. The average Bonchev–Trinajstić information content (AvgIpc) is 3.32. The highest BCUT2D eigenvalue weighted by Crippen LogP contribution is 2.19. The van der Waals surface area contributed by atoms with Crippen LogP contribution in [0, 0.1) is 17.6 Å². The SMILES string of the molecule is CC(C)[C@H](NC(=O)c1c(F)cccc1F)C(=O)N1CCN(c2nnnn2-c2ccccc2)CC1. The quantitative estimate of drug-likeness (QED) is 0.594. The van der Waals surface area contributed by atoms with Crippen LogP contribution in [0.4, 0.5) is 14.7 Å². The number of carbonyl (C=O) groups excluding carboxylic acids is 2. The number of aromatic nitrogens is 4. The summed E-state index contributed by atoms with van der Waals surface area (Å²) in [6.45, 7) is 5.27. The molecule has 1 saturated heterocycles. The highest BCUT2D eigenvalue weighted by Gasteiger charge is 2.33. The van der Waals surface area contributed by atoms with E-state index in [1.165, 1.54) is 6.07 Å². The summed E-state index contributed by atoms with van der Waals surface area (Å²) in [5.41, 5.74) is 0.127. The first-order valence-corrected chi connectivity index (χ1v) is 11.0. The molecule has 2 heterocycles. The van der Waals surface area contributed by atoms with E-state index in [4.69, 9.17) is 0 Å². The van der Waals surface area contributed by atoms with Gasteiger partial charge in [0.25, 0.3) is 5.91 Å². The van der Waals surface area contributed by atoms with Crippen LogP contribution in [0.25, 0.3) is 5.69 Å². The van der Waals surface area contributed by atoms with E-state index in [9.17, 15) is 18.4 Å². The molecule has 0 aliphatic carbocycles. The van der Waals surface area contributed by atoms with Crippen molar-refractivity contribution in [2.45, 2.75) is 19.9 Å². The third kappa shape index (κ3) is 4.73. The molecule has 0 radical (unpaired) electrons. The van der Waals surface area contributed by atoms with Gasteiger partial charge in [0.05, 0.1) is 5.69 Å². The summed E-state index contributed by atoms with van der Waals surface area (Å²) < 4.78 is 29.7. The van der Waals surface area contributed by atoms with Crippen LogP contribution in [-0.4, -0.2) is 69.1 Å². The first-order chi connectivity index (χ1) is 16.4. The molecule has 2 amide bonds. The van der Waals surface area contributed by atoms with E-state index in [0.29, 0.717) is 32.1 Å². The highest BCUT2D eigenvalue weighted by molar-refractivity contribution is 5.98. The average molecular weight is 469 g/mol. The Balaban J connectivity index is 1.43. The summed E-state index contributed by atoms with van der Waals surface area (Å²) in [5, 5.41) is 14.5. The normalized spacial score (nSPS) is 14.9. The van der Waals surface area contributed by atoms with Crippen LogP contribution in [0.3, 0.4) is 0 Å². The van der Waals surface area contributed by atoms with Crippen molar-refractivity contribution in [3.63, 3.8) is 0 Å². The van der Waals surface area contributed by atoms with Crippen molar-refractivity contribution in [2.24, 2.45) is 5.92 Å². The van der Waals surface area contributed by atoms with Crippen LogP contribution in [0.15, 0.2) is 48.5 Å². The fourth-order valence-electron chi connectivity index (χ4n) is 3.88. The van der Waals surface area contributed by atoms with E-state index in [0.717, 1.165) is 17.8 Å². The fraction of sp³-hybridized carbons (Fsp3) is 0.348. The zero-order valence-electron chi connectivity index (χ0n) is 18.9. The molecular weight excluding hydrogens is 444 g/mol. The van der Waals surface area contributed by atoms with E-state index in [-0.39, 0.29) is 11.8 Å². The van der Waals surface area contributed by atoms with Crippen LogP contribution in [0.5, 0.6) is 0 Å². The lowest BCUT2D eigenvalue weighted by Crippen LogP contribution is -2.56. The van der Waals surface area contributed by atoms with Gasteiger partial charge in [0, 0.05) is 26.2 Å². The van der Waals surface area contributed by atoms with Crippen molar-refractivity contribution < 1.29 is 18.4 Å². The summed E-state index contributed by atoms with van der Waals surface area (Å²) >= 11 is 0. The number of tetrazole rings is 1. The van der Waals surface area contributed by atoms with Gasteiger partial charge in [-0.05, 0) is 40.6 Å². The van der Waals surface area contributed by atoms with Crippen LogP contribution in [-0.2, 0) is 4.79 Å². The second kappa shape index (κ2) is 9.94. The monoisotopic (exact) mass is 469 g/mol. The number of piperazine rings is 1. The number of nitrogens with zero attached hydrogens (tertiary/aromatic N) is 6. The Morgan fingerprint density at radius 3 is 2.21 bits per heavy atom. The second-order valence-corrected chi connectivity index (χ2v) is 8.33. The van der Waals surface area contributed by atoms with Crippen molar-refractivity contribution in [2.75, 3.05) is 31.1 Å². The van der Waals surface area contributed by atoms with E-state index in [1.807, 2.05) is 35.2 Å². The number of amides is 2. The van der Waals surface area contributed by atoms with Gasteiger partial charge in [-0.15, -0.1) is 0 Å². The first kappa shape index (κ1) is 23.3. The minimum absolute atomic E-state index is 0.283. The Bertz CT molecular complexity index is 1140. The van der Waals surface area contributed by atoms with E-state index >= 15 is 0 Å². The fourth-order valence-corrected chi connectivity index (χ4v) is 3.88. The number of rotatable bonds is 6. The van der Waals surface area contributed by atoms with E-state index < -0.39 is 29.1 Å². The standard InChI is InChI=1S/C23H25F2N7O2/c1-15(2)20(26-21(33)19-17(24)9-6-10-18(19)25)22(34)30-11-13-31(14-12-30)23-27-28-29-32(23)16-7-4-3-5-8-16/h3-10,15,20H,11-14H2,1-2H3,(H,26,33)/t20-/m0/s1. The Hall–Kier alpha value is -3.89. The lowest BCUT2D eigenvalue weighted by atomic mass is 10.0. The van der Waals surface area contributed by atoms with Crippen molar-refractivity contribution >= 4 is 17.8 Å². The zero-order chi connectivity index (χ0) is 24.2. The maximum absolute atomic E-state index is 14.0. The van der Waals surface area contributed by atoms with Gasteiger partial charge in [0.1, 0.15) is 23.2 Å². The summed E-state index contributed by atoms with van der Waals surface area (Å²) in [6, 6.07) is 11.8. The molecule has 1 atom stereocenters. The Morgan fingerprint density at radius 2 is 1.59 bits per heavy atom. The molecule has 178 valence electrons. The van der Waals surface area contributed by atoms with Crippen LogP contribution in [0.2, 0.25) is 0 Å². The van der Waals surface area contributed by atoms with Gasteiger partial charge < -0.3 is 15.1 Å². The van der Waals surface area contributed by atoms with Crippen molar-refractivity contribution in [3.8, 4) is 5.69 Å². The number of halogens is 2. The molecule has 3 aromatic rings. The van der Waals surface area contributed by atoms with Crippen LogP contribution in [0.1, 0.15) is 24.2 Å². The molecule has 0 saturated carbocycles. The summed E-state index contributed by atoms with van der Waals surface area (Å²) in [7, 11) is 0. The maximum Gasteiger partial charge on any atom is 0.257 e. The Kier molecular flexibility index (Phi) is 6.80. The van der Waals surface area contributed by atoms with Gasteiger partial charge in [0.15, 0.2) is 0 Å². The van der Waals surface area contributed by atoms with Gasteiger partial charge in [0.2, 0.25) is 11.9 Å². The third-order valence-electron chi connectivity index (χ3n) is 5.74.